The highest BCUT2D eigenvalue weighted by Crippen LogP contribution is 2.33. The first-order valence-corrected chi connectivity index (χ1v) is 10.9. The molecule has 2 aromatic rings. The fourth-order valence-corrected chi connectivity index (χ4v) is 2.93. The van der Waals surface area contributed by atoms with Gasteiger partial charge < -0.3 is 18.9 Å². The first-order chi connectivity index (χ1) is 15.7. The van der Waals surface area contributed by atoms with E-state index >= 15 is 0 Å². The van der Waals surface area contributed by atoms with Crippen LogP contribution in [0.2, 0.25) is 0 Å². The Hall–Kier alpha value is -3.54. The van der Waals surface area contributed by atoms with Crippen LogP contribution in [0.3, 0.4) is 0 Å². The molecule has 0 aromatic heterocycles. The number of carbonyl (C=O) groups excluding carboxylic acids is 2. The lowest BCUT2D eigenvalue weighted by Crippen LogP contribution is -2.19. The van der Waals surface area contributed by atoms with Crippen molar-refractivity contribution >= 4 is 11.9 Å². The summed E-state index contributed by atoms with van der Waals surface area (Å²) in [6.45, 7) is 12.2. The molecular formula is C27H32O6. The highest BCUT2D eigenvalue weighted by molar-refractivity contribution is 5.89. The molecule has 2 rings (SSSR count). The number of esters is 2. The van der Waals surface area contributed by atoms with E-state index in [-0.39, 0.29) is 5.41 Å². The van der Waals surface area contributed by atoms with E-state index in [0.29, 0.717) is 35.9 Å². The maximum atomic E-state index is 12.1. The topological polar surface area (TPSA) is 71.1 Å². The minimum Gasteiger partial charge on any atom is -0.501 e. The van der Waals surface area contributed by atoms with Crippen molar-refractivity contribution in [2.45, 2.75) is 47.0 Å². The van der Waals surface area contributed by atoms with Crippen LogP contribution in [-0.2, 0) is 24.5 Å². The van der Waals surface area contributed by atoms with Crippen molar-refractivity contribution < 1.29 is 28.5 Å². The van der Waals surface area contributed by atoms with Gasteiger partial charge in [-0.1, -0.05) is 38.1 Å². The third-order valence-corrected chi connectivity index (χ3v) is 5.07. The molecule has 0 bridgehead atoms. The van der Waals surface area contributed by atoms with E-state index < -0.39 is 11.9 Å². The van der Waals surface area contributed by atoms with Crippen LogP contribution in [0.25, 0.3) is 0 Å². The zero-order valence-electron chi connectivity index (χ0n) is 20.1. The summed E-state index contributed by atoms with van der Waals surface area (Å²) < 4.78 is 21.0. The van der Waals surface area contributed by atoms with Crippen LogP contribution in [-0.4, -0.2) is 25.2 Å². The first kappa shape index (κ1) is 25.7. The van der Waals surface area contributed by atoms with Gasteiger partial charge in [0.1, 0.15) is 11.5 Å². The predicted molar refractivity (Wildman–Crippen MR) is 127 cm³/mol. The van der Waals surface area contributed by atoms with Gasteiger partial charge in [-0.2, -0.15) is 0 Å². The van der Waals surface area contributed by atoms with Crippen molar-refractivity contribution in [1.82, 2.24) is 0 Å². The smallest absolute Gasteiger partial charge is 0.342 e. The largest absolute Gasteiger partial charge is 0.501 e. The summed E-state index contributed by atoms with van der Waals surface area (Å²) in [6.07, 6.45) is 2.80. The summed E-state index contributed by atoms with van der Waals surface area (Å²) in [7, 11) is 0. The van der Waals surface area contributed by atoms with Gasteiger partial charge in [0.2, 0.25) is 0 Å². The molecule has 0 aliphatic heterocycles. The quantitative estimate of drug-likeness (QED) is 0.199. The first-order valence-electron chi connectivity index (χ1n) is 10.9. The monoisotopic (exact) mass is 452 g/mol. The van der Waals surface area contributed by atoms with Crippen LogP contribution in [0.1, 0.15) is 52.7 Å². The Kier molecular flexibility index (Phi) is 9.28. The molecular weight excluding hydrogens is 420 g/mol. The van der Waals surface area contributed by atoms with Crippen LogP contribution < -0.4 is 9.47 Å². The van der Waals surface area contributed by atoms with Gasteiger partial charge >= 0.3 is 11.9 Å². The third kappa shape index (κ3) is 7.24. The Morgan fingerprint density at radius 3 is 1.33 bits per heavy atom. The van der Waals surface area contributed by atoms with E-state index in [0.717, 1.165) is 11.1 Å². The van der Waals surface area contributed by atoms with Gasteiger partial charge in [-0.05, 0) is 63.1 Å². The second-order valence-electron chi connectivity index (χ2n) is 7.97. The lowest BCUT2D eigenvalue weighted by Gasteiger charge is -2.26. The van der Waals surface area contributed by atoms with E-state index in [2.05, 4.69) is 13.8 Å². The van der Waals surface area contributed by atoms with Crippen molar-refractivity contribution in [3.05, 3.63) is 83.3 Å². The van der Waals surface area contributed by atoms with Crippen molar-refractivity contribution in [3.8, 4) is 11.5 Å². The van der Waals surface area contributed by atoms with Crippen LogP contribution in [0.4, 0.5) is 0 Å². The number of benzene rings is 2. The van der Waals surface area contributed by atoms with Gasteiger partial charge in [0.05, 0.1) is 36.9 Å². The molecule has 0 radical (unpaired) electrons. The van der Waals surface area contributed by atoms with Gasteiger partial charge in [0.15, 0.2) is 0 Å². The number of hydrogen-bond acceptors (Lipinski definition) is 6. The zero-order chi connectivity index (χ0) is 24.4. The minimum atomic E-state index is -0.452. The van der Waals surface area contributed by atoms with Crippen LogP contribution in [0.15, 0.2) is 72.2 Å². The predicted octanol–water partition coefficient (Wildman–Crippen LogP) is 5.70. The fourth-order valence-electron chi connectivity index (χ4n) is 2.93. The molecule has 0 heterocycles. The molecule has 6 nitrogen and oxygen atoms in total. The average Bonchev–Trinajstić information content (AvgIpc) is 2.81. The van der Waals surface area contributed by atoms with Crippen LogP contribution >= 0.6 is 0 Å². The minimum absolute atomic E-state index is 0.319. The Morgan fingerprint density at radius 2 is 1.03 bits per heavy atom. The Labute approximate surface area is 195 Å². The highest BCUT2D eigenvalue weighted by atomic mass is 16.5. The zero-order valence-corrected chi connectivity index (χ0v) is 20.1. The molecule has 0 spiro atoms. The van der Waals surface area contributed by atoms with E-state index in [1.165, 1.54) is 12.5 Å². The summed E-state index contributed by atoms with van der Waals surface area (Å²) in [6, 6.07) is 14.8. The molecule has 0 N–H and O–H groups in total. The number of ether oxygens (including phenoxy) is 4. The maximum Gasteiger partial charge on any atom is 0.342 e. The molecule has 6 heteroatoms. The molecule has 0 atom stereocenters. The molecule has 33 heavy (non-hydrogen) atoms. The van der Waals surface area contributed by atoms with Crippen molar-refractivity contribution in [3.63, 3.8) is 0 Å². The SMILES string of the molecule is CCOC=C(C)C(=O)Oc1ccc(C(C)(C)c2ccc(OC(=O)C(C)=COCC)cc2)cc1. The molecule has 0 fully saturated rings. The summed E-state index contributed by atoms with van der Waals surface area (Å²) >= 11 is 0. The molecule has 0 unspecified atom stereocenters. The second-order valence-corrected chi connectivity index (χ2v) is 7.97. The fraction of sp³-hybridized carbons (Fsp3) is 0.333. The van der Waals surface area contributed by atoms with Crippen LogP contribution in [0.5, 0.6) is 11.5 Å². The van der Waals surface area contributed by atoms with Gasteiger partial charge in [-0.15, -0.1) is 0 Å². The summed E-state index contributed by atoms with van der Waals surface area (Å²) in [5, 5.41) is 0. The molecule has 0 aliphatic rings. The van der Waals surface area contributed by atoms with E-state index in [4.69, 9.17) is 18.9 Å². The molecule has 0 aliphatic carbocycles. The summed E-state index contributed by atoms with van der Waals surface area (Å²) in [5.41, 5.74) is 2.56. The molecule has 176 valence electrons. The average molecular weight is 453 g/mol. The van der Waals surface area contributed by atoms with Crippen LogP contribution in [0, 0.1) is 0 Å². The number of carbonyl (C=O) groups is 2. The molecule has 0 saturated carbocycles. The second kappa shape index (κ2) is 11.9. The molecule has 2 aromatic carbocycles. The molecule has 0 amide bonds. The Morgan fingerprint density at radius 1 is 0.697 bits per heavy atom. The number of rotatable bonds is 10. The lowest BCUT2D eigenvalue weighted by atomic mass is 9.78. The van der Waals surface area contributed by atoms with Crippen molar-refractivity contribution in [1.29, 1.82) is 0 Å². The number of hydrogen-bond donors (Lipinski definition) is 0. The lowest BCUT2D eigenvalue weighted by molar-refractivity contribution is -0.131. The van der Waals surface area contributed by atoms with Gasteiger partial charge in [-0.3, -0.25) is 0 Å². The summed E-state index contributed by atoms with van der Waals surface area (Å²) in [4.78, 5) is 24.2. The molecule has 0 saturated heterocycles. The van der Waals surface area contributed by atoms with E-state index in [9.17, 15) is 9.59 Å². The van der Waals surface area contributed by atoms with Gasteiger partial charge in [-0.25, -0.2) is 9.59 Å². The highest BCUT2D eigenvalue weighted by Gasteiger charge is 2.23. The maximum absolute atomic E-state index is 12.1. The van der Waals surface area contributed by atoms with Gasteiger partial charge in [0.25, 0.3) is 0 Å². The van der Waals surface area contributed by atoms with Gasteiger partial charge in [0, 0.05) is 5.41 Å². The van der Waals surface area contributed by atoms with E-state index in [1.807, 2.05) is 38.1 Å². The normalized spacial score (nSPS) is 12.2. The van der Waals surface area contributed by atoms with E-state index in [1.54, 1.807) is 38.1 Å². The van der Waals surface area contributed by atoms with Crippen molar-refractivity contribution in [2.75, 3.05) is 13.2 Å². The summed E-state index contributed by atoms with van der Waals surface area (Å²) in [5.74, 6) is 0.0157. The Balaban J connectivity index is 2.08. The van der Waals surface area contributed by atoms with Crippen molar-refractivity contribution in [2.24, 2.45) is 0 Å². The Bertz CT molecular complexity index is 916. The standard InChI is InChI=1S/C27H32O6/c1-7-30-17-19(3)25(28)32-23-13-9-21(10-14-23)27(5,6)22-11-15-24(16-12-22)33-26(29)20(4)18-31-8-2/h9-18H,7-8H2,1-6H3. The third-order valence-electron chi connectivity index (χ3n) is 5.07.